The van der Waals surface area contributed by atoms with E-state index in [0.29, 0.717) is 5.56 Å². The van der Waals surface area contributed by atoms with Gasteiger partial charge in [0, 0.05) is 18.1 Å². The van der Waals surface area contributed by atoms with Crippen molar-refractivity contribution in [2.75, 3.05) is 0 Å². The maximum Gasteiger partial charge on any atom is 0.313 e. The molecular formula is C27H26ClNO4. The number of ether oxygens (including phenoxy) is 1. The van der Waals surface area contributed by atoms with Crippen LogP contribution in [-0.4, -0.2) is 17.0 Å². The zero-order chi connectivity index (χ0) is 23.4. The highest BCUT2D eigenvalue weighted by atomic mass is 35.5. The van der Waals surface area contributed by atoms with Gasteiger partial charge in [0.15, 0.2) is 0 Å². The van der Waals surface area contributed by atoms with Crippen molar-refractivity contribution >= 4 is 23.3 Å². The van der Waals surface area contributed by atoms with Gasteiger partial charge in [-0.15, -0.1) is 0 Å². The summed E-state index contributed by atoms with van der Waals surface area (Å²) in [4.78, 5) is 23.4. The van der Waals surface area contributed by atoms with Crippen LogP contribution in [0, 0.1) is 10.1 Å². The van der Waals surface area contributed by atoms with E-state index in [1.807, 2.05) is 18.2 Å². The Labute approximate surface area is 198 Å². The molecule has 0 radical (unpaired) electrons. The van der Waals surface area contributed by atoms with Gasteiger partial charge in [0.1, 0.15) is 6.10 Å². The molecular weight excluding hydrogens is 438 g/mol. The van der Waals surface area contributed by atoms with Crippen molar-refractivity contribution in [2.45, 2.75) is 50.5 Å². The molecule has 1 aliphatic rings. The largest absolute Gasteiger partial charge is 0.461 e. The molecule has 1 aliphatic carbocycles. The lowest BCUT2D eigenvalue weighted by atomic mass is 9.81. The number of hydrogen-bond acceptors (Lipinski definition) is 4. The lowest BCUT2D eigenvalue weighted by Crippen LogP contribution is -2.30. The number of nitro benzene ring substituents is 1. The number of esters is 1. The van der Waals surface area contributed by atoms with Crippen LogP contribution in [-0.2, 0) is 9.53 Å². The minimum atomic E-state index is -0.610. The minimum Gasteiger partial charge on any atom is -0.461 e. The smallest absolute Gasteiger partial charge is 0.313 e. The number of nitro groups is 1. The van der Waals surface area contributed by atoms with E-state index in [1.54, 1.807) is 6.92 Å². The first-order valence-corrected chi connectivity index (χ1v) is 11.6. The molecule has 0 unspecified atom stereocenters. The summed E-state index contributed by atoms with van der Waals surface area (Å²) in [5.74, 6) is -0.822. The molecule has 5 nitrogen and oxygen atoms in total. The Kier molecular flexibility index (Phi) is 7.09. The van der Waals surface area contributed by atoms with Crippen molar-refractivity contribution in [1.29, 1.82) is 0 Å². The number of non-ortho nitro benzene ring substituents is 1. The van der Waals surface area contributed by atoms with E-state index in [2.05, 4.69) is 36.4 Å². The predicted molar refractivity (Wildman–Crippen MR) is 129 cm³/mol. The van der Waals surface area contributed by atoms with Crippen LogP contribution in [0.2, 0.25) is 5.02 Å². The Balaban J connectivity index is 1.48. The molecule has 3 aromatic carbocycles. The highest BCUT2D eigenvalue weighted by molar-refractivity contribution is 6.31. The molecule has 0 spiro atoms. The number of rotatable bonds is 6. The third kappa shape index (κ3) is 5.25. The fraction of sp³-hybridized carbons (Fsp3) is 0.296. The van der Waals surface area contributed by atoms with Gasteiger partial charge >= 0.3 is 5.97 Å². The first-order chi connectivity index (χ1) is 15.9. The van der Waals surface area contributed by atoms with Crippen LogP contribution in [0.4, 0.5) is 5.69 Å². The van der Waals surface area contributed by atoms with Crippen LogP contribution in [0.1, 0.15) is 55.6 Å². The lowest BCUT2D eigenvalue weighted by molar-refractivity contribution is -0.384. The van der Waals surface area contributed by atoms with Crippen molar-refractivity contribution in [3.05, 3.63) is 99.1 Å². The van der Waals surface area contributed by atoms with Crippen molar-refractivity contribution in [1.82, 2.24) is 0 Å². The highest BCUT2D eigenvalue weighted by Crippen LogP contribution is 2.37. The summed E-state index contributed by atoms with van der Waals surface area (Å²) < 4.78 is 5.99. The summed E-state index contributed by atoms with van der Waals surface area (Å²) in [7, 11) is 0. The molecule has 1 fully saturated rings. The zero-order valence-electron chi connectivity index (χ0n) is 18.4. The molecule has 0 bridgehead atoms. The van der Waals surface area contributed by atoms with E-state index >= 15 is 0 Å². The van der Waals surface area contributed by atoms with Crippen molar-refractivity contribution < 1.29 is 14.5 Å². The zero-order valence-corrected chi connectivity index (χ0v) is 19.2. The molecule has 0 saturated heterocycles. The second-order valence-electron chi connectivity index (χ2n) is 8.54. The topological polar surface area (TPSA) is 69.4 Å². The Morgan fingerprint density at radius 3 is 2.33 bits per heavy atom. The number of halogens is 1. The second-order valence-corrected chi connectivity index (χ2v) is 8.95. The van der Waals surface area contributed by atoms with Crippen LogP contribution < -0.4 is 0 Å². The molecule has 3 atom stereocenters. The summed E-state index contributed by atoms with van der Waals surface area (Å²) in [6.45, 7) is 1.72. The molecule has 1 saturated carbocycles. The van der Waals surface area contributed by atoms with Crippen LogP contribution in [0.5, 0.6) is 0 Å². The first-order valence-electron chi connectivity index (χ1n) is 11.2. The Hall–Kier alpha value is -3.18. The predicted octanol–water partition coefficient (Wildman–Crippen LogP) is 7.29. The SMILES string of the molecule is C[C@@H](C(=O)O[C@@H]1CCCC[C@H]1c1ccc(-c2ccccc2)cc1)c1ccc([N+](=O)[O-])cc1Cl. The lowest BCUT2D eigenvalue weighted by Gasteiger charge is -2.32. The van der Waals surface area contributed by atoms with Crippen LogP contribution in [0.15, 0.2) is 72.8 Å². The van der Waals surface area contributed by atoms with Gasteiger partial charge in [0.2, 0.25) is 0 Å². The fourth-order valence-corrected chi connectivity index (χ4v) is 4.87. The quantitative estimate of drug-likeness (QED) is 0.218. The number of hydrogen-bond donors (Lipinski definition) is 0. The van der Waals surface area contributed by atoms with Gasteiger partial charge in [0.25, 0.3) is 5.69 Å². The molecule has 0 N–H and O–H groups in total. The van der Waals surface area contributed by atoms with E-state index < -0.39 is 10.8 Å². The Morgan fingerprint density at radius 1 is 1.00 bits per heavy atom. The van der Waals surface area contributed by atoms with E-state index in [4.69, 9.17) is 16.3 Å². The average molecular weight is 464 g/mol. The monoisotopic (exact) mass is 463 g/mol. The van der Waals surface area contributed by atoms with Crippen LogP contribution in [0.3, 0.4) is 0 Å². The van der Waals surface area contributed by atoms with Gasteiger partial charge < -0.3 is 4.74 Å². The van der Waals surface area contributed by atoms with Crippen molar-refractivity contribution in [3.63, 3.8) is 0 Å². The number of nitrogens with zero attached hydrogens (tertiary/aromatic N) is 1. The Morgan fingerprint density at radius 2 is 1.67 bits per heavy atom. The van der Waals surface area contributed by atoms with Crippen molar-refractivity contribution in [3.8, 4) is 11.1 Å². The third-order valence-corrected chi connectivity index (χ3v) is 6.76. The molecule has 170 valence electrons. The summed E-state index contributed by atoms with van der Waals surface area (Å²) in [5, 5.41) is 11.2. The van der Waals surface area contributed by atoms with Gasteiger partial charge in [-0.1, -0.05) is 72.6 Å². The Bertz CT molecular complexity index is 1130. The van der Waals surface area contributed by atoms with E-state index in [1.165, 1.54) is 29.3 Å². The summed E-state index contributed by atoms with van der Waals surface area (Å²) >= 11 is 6.23. The minimum absolute atomic E-state index is 0.101. The maximum absolute atomic E-state index is 13.0. The molecule has 4 rings (SSSR count). The van der Waals surface area contributed by atoms with E-state index in [9.17, 15) is 14.9 Å². The maximum atomic E-state index is 13.0. The number of carbonyl (C=O) groups excluding carboxylic acids is 1. The molecule has 33 heavy (non-hydrogen) atoms. The van der Waals surface area contributed by atoms with E-state index in [-0.39, 0.29) is 28.7 Å². The van der Waals surface area contributed by atoms with Gasteiger partial charge in [0.05, 0.1) is 15.9 Å². The second kappa shape index (κ2) is 10.2. The van der Waals surface area contributed by atoms with Crippen molar-refractivity contribution in [2.24, 2.45) is 0 Å². The fourth-order valence-electron chi connectivity index (χ4n) is 4.53. The molecule has 0 heterocycles. The van der Waals surface area contributed by atoms with Crippen LogP contribution >= 0.6 is 11.6 Å². The summed E-state index contributed by atoms with van der Waals surface area (Å²) in [6, 6.07) is 22.9. The molecule has 0 aromatic heterocycles. The third-order valence-electron chi connectivity index (χ3n) is 6.43. The van der Waals surface area contributed by atoms with Gasteiger partial charge in [-0.05, 0) is 54.5 Å². The van der Waals surface area contributed by atoms with Gasteiger partial charge in [-0.3, -0.25) is 14.9 Å². The molecule has 3 aromatic rings. The van der Waals surface area contributed by atoms with E-state index in [0.717, 1.165) is 31.2 Å². The summed E-state index contributed by atoms with van der Waals surface area (Å²) in [6.07, 6.45) is 3.70. The molecule has 0 amide bonds. The number of benzene rings is 3. The average Bonchev–Trinajstić information content (AvgIpc) is 2.84. The van der Waals surface area contributed by atoms with Crippen LogP contribution in [0.25, 0.3) is 11.1 Å². The number of carbonyl (C=O) groups is 1. The first kappa shape index (κ1) is 23.0. The normalized spacial score (nSPS) is 19.0. The molecule has 0 aliphatic heterocycles. The molecule has 6 heteroatoms. The van der Waals surface area contributed by atoms with Gasteiger partial charge in [-0.25, -0.2) is 0 Å². The standard InChI is InChI=1S/C27H26ClNO4/c1-18(23-16-15-22(29(31)32)17-25(23)28)27(30)33-26-10-6-5-9-24(26)21-13-11-20(12-14-21)19-7-3-2-4-8-19/h2-4,7-8,11-18,24,26H,5-6,9-10H2,1H3/t18-,24+,26-/m1/s1. The van der Waals surface area contributed by atoms with Gasteiger partial charge in [-0.2, -0.15) is 0 Å². The summed E-state index contributed by atoms with van der Waals surface area (Å²) in [5.41, 5.74) is 3.94. The highest BCUT2D eigenvalue weighted by Gasteiger charge is 2.32.